The van der Waals surface area contributed by atoms with Crippen molar-refractivity contribution in [2.45, 2.75) is 18.7 Å². The normalized spacial score (nSPS) is 11.4. The van der Waals surface area contributed by atoms with Crippen molar-refractivity contribution >= 4 is 15.9 Å². The lowest BCUT2D eigenvalue weighted by Gasteiger charge is -2.10. The Hall–Kier alpha value is -2.39. The molecule has 2 aromatic carbocycles. The summed E-state index contributed by atoms with van der Waals surface area (Å²) in [5, 5.41) is 2.24. The summed E-state index contributed by atoms with van der Waals surface area (Å²) < 4.78 is 66.1. The lowest BCUT2D eigenvalue weighted by Crippen LogP contribution is -2.35. The van der Waals surface area contributed by atoms with E-state index < -0.39 is 38.9 Å². The molecule has 0 aliphatic rings. The van der Waals surface area contributed by atoms with Crippen LogP contribution in [0.5, 0.6) is 0 Å². The molecule has 2 N–H and O–H groups in total. The minimum absolute atomic E-state index is 0.0820. The Morgan fingerprint density at radius 3 is 2.31 bits per heavy atom. The fourth-order valence-corrected chi connectivity index (χ4v) is 3.24. The quantitative estimate of drug-likeness (QED) is 0.592. The number of hydrogen-bond donors (Lipinski definition) is 2. The van der Waals surface area contributed by atoms with Crippen LogP contribution < -0.4 is 10.0 Å². The molecule has 0 aromatic heterocycles. The minimum Gasteiger partial charge on any atom is -0.351 e. The van der Waals surface area contributed by atoms with E-state index in [0.717, 1.165) is 17.2 Å². The highest BCUT2D eigenvalue weighted by atomic mass is 32.2. The first kappa shape index (κ1) is 19.9. The maximum Gasteiger partial charge on any atom is 0.254 e. The maximum absolute atomic E-state index is 13.5. The van der Waals surface area contributed by atoms with Gasteiger partial charge in [0, 0.05) is 13.1 Å². The summed E-state index contributed by atoms with van der Waals surface area (Å²) >= 11 is 0. The summed E-state index contributed by atoms with van der Waals surface area (Å²) in [6.45, 7) is 3.31. The molecule has 9 heteroatoms. The van der Waals surface area contributed by atoms with Crippen molar-refractivity contribution in [3.8, 4) is 0 Å². The molecule has 0 fully saturated rings. The van der Waals surface area contributed by atoms with E-state index in [1.807, 2.05) is 6.92 Å². The average molecular weight is 386 g/mol. The van der Waals surface area contributed by atoms with Crippen LogP contribution >= 0.6 is 0 Å². The molecule has 0 radical (unpaired) electrons. The first-order valence-corrected chi connectivity index (χ1v) is 9.10. The minimum atomic E-state index is -3.77. The molecule has 0 aliphatic heterocycles. The van der Waals surface area contributed by atoms with E-state index in [9.17, 15) is 26.4 Å². The number of amides is 1. The molecule has 0 aliphatic carbocycles. The van der Waals surface area contributed by atoms with Crippen molar-refractivity contribution < 1.29 is 26.4 Å². The third-order valence-electron chi connectivity index (χ3n) is 3.77. The van der Waals surface area contributed by atoms with Crippen LogP contribution in [0.2, 0.25) is 0 Å². The van der Waals surface area contributed by atoms with Gasteiger partial charge in [0.25, 0.3) is 5.91 Å². The van der Waals surface area contributed by atoms with Crippen LogP contribution in [0, 0.1) is 31.3 Å². The topological polar surface area (TPSA) is 75.3 Å². The molecule has 140 valence electrons. The fourth-order valence-electron chi connectivity index (χ4n) is 2.12. The van der Waals surface area contributed by atoms with Crippen LogP contribution in [-0.4, -0.2) is 27.4 Å². The molecular formula is C17H17F3N2O3S. The number of sulfonamides is 1. The lowest BCUT2D eigenvalue weighted by atomic mass is 10.1. The molecule has 2 rings (SSSR count). The van der Waals surface area contributed by atoms with Crippen LogP contribution in [0.1, 0.15) is 21.5 Å². The van der Waals surface area contributed by atoms with Gasteiger partial charge in [-0.2, -0.15) is 0 Å². The smallest absolute Gasteiger partial charge is 0.254 e. The standard InChI is InChI=1S/C17H17F3N2O3S/c1-10-3-4-12(9-11(10)2)26(24,25)22-8-7-21-17(23)13-5-6-14(18)16(20)15(13)19/h3-6,9,22H,7-8H2,1-2H3,(H,21,23). The molecule has 0 saturated heterocycles. The third-order valence-corrected chi connectivity index (χ3v) is 5.23. The molecule has 5 nitrogen and oxygen atoms in total. The van der Waals surface area contributed by atoms with Crippen molar-refractivity contribution in [1.82, 2.24) is 10.0 Å². The van der Waals surface area contributed by atoms with E-state index >= 15 is 0 Å². The Morgan fingerprint density at radius 1 is 0.962 bits per heavy atom. The van der Waals surface area contributed by atoms with E-state index in [0.29, 0.717) is 6.07 Å². The van der Waals surface area contributed by atoms with Gasteiger partial charge in [-0.3, -0.25) is 4.79 Å². The van der Waals surface area contributed by atoms with E-state index in [4.69, 9.17) is 0 Å². The molecule has 0 heterocycles. The second kappa shape index (κ2) is 7.88. The zero-order valence-corrected chi connectivity index (χ0v) is 14.9. The summed E-state index contributed by atoms with van der Waals surface area (Å²) in [5.74, 6) is -5.72. The number of rotatable bonds is 6. The second-order valence-corrected chi connectivity index (χ2v) is 7.39. The average Bonchev–Trinajstić information content (AvgIpc) is 2.59. The molecular weight excluding hydrogens is 369 g/mol. The first-order valence-electron chi connectivity index (χ1n) is 7.62. The summed E-state index contributed by atoms with van der Waals surface area (Å²) in [5.41, 5.74) is 1.10. The van der Waals surface area contributed by atoms with Crippen LogP contribution in [0.25, 0.3) is 0 Å². The highest BCUT2D eigenvalue weighted by Gasteiger charge is 2.19. The van der Waals surface area contributed by atoms with Gasteiger partial charge in [0.2, 0.25) is 10.0 Å². The molecule has 0 saturated carbocycles. The van der Waals surface area contributed by atoms with Gasteiger partial charge >= 0.3 is 0 Å². The number of carbonyl (C=O) groups excluding carboxylic acids is 1. The molecule has 0 unspecified atom stereocenters. The van der Waals surface area contributed by atoms with Gasteiger partial charge in [-0.25, -0.2) is 26.3 Å². The Morgan fingerprint density at radius 2 is 1.65 bits per heavy atom. The lowest BCUT2D eigenvalue weighted by molar-refractivity contribution is 0.0949. The van der Waals surface area contributed by atoms with Gasteiger partial charge in [-0.05, 0) is 49.2 Å². The molecule has 1 amide bonds. The highest BCUT2D eigenvalue weighted by molar-refractivity contribution is 7.89. The number of aryl methyl sites for hydroxylation is 2. The Labute approximate surface area is 149 Å². The Balaban J connectivity index is 1.95. The van der Waals surface area contributed by atoms with Gasteiger partial charge in [0.15, 0.2) is 17.5 Å². The predicted octanol–water partition coefficient (Wildman–Crippen LogP) is 2.43. The van der Waals surface area contributed by atoms with E-state index in [1.165, 1.54) is 12.1 Å². The summed E-state index contributed by atoms with van der Waals surface area (Å²) in [7, 11) is -3.77. The SMILES string of the molecule is Cc1ccc(S(=O)(=O)NCCNC(=O)c2ccc(F)c(F)c2F)cc1C. The summed E-state index contributed by atoms with van der Waals surface area (Å²) in [6.07, 6.45) is 0. The van der Waals surface area contributed by atoms with Crippen LogP contribution in [0.3, 0.4) is 0 Å². The van der Waals surface area contributed by atoms with Crippen molar-refractivity contribution in [2.24, 2.45) is 0 Å². The number of benzene rings is 2. The van der Waals surface area contributed by atoms with E-state index in [-0.39, 0.29) is 18.0 Å². The molecule has 0 atom stereocenters. The van der Waals surface area contributed by atoms with Gasteiger partial charge < -0.3 is 5.32 Å². The molecule has 0 spiro atoms. The van der Waals surface area contributed by atoms with Crippen LogP contribution in [-0.2, 0) is 10.0 Å². The Kier molecular flexibility index (Phi) is 6.04. The van der Waals surface area contributed by atoms with Crippen molar-refractivity contribution in [2.75, 3.05) is 13.1 Å². The largest absolute Gasteiger partial charge is 0.351 e. The molecule has 26 heavy (non-hydrogen) atoms. The number of nitrogens with one attached hydrogen (secondary N) is 2. The molecule has 2 aromatic rings. The number of hydrogen-bond acceptors (Lipinski definition) is 3. The predicted molar refractivity (Wildman–Crippen MR) is 89.8 cm³/mol. The Bertz CT molecular complexity index is 947. The highest BCUT2D eigenvalue weighted by Crippen LogP contribution is 2.15. The van der Waals surface area contributed by atoms with Gasteiger partial charge in [0.05, 0.1) is 10.5 Å². The first-order chi connectivity index (χ1) is 12.1. The monoisotopic (exact) mass is 386 g/mol. The zero-order chi connectivity index (χ0) is 19.5. The van der Waals surface area contributed by atoms with Crippen molar-refractivity contribution in [3.63, 3.8) is 0 Å². The van der Waals surface area contributed by atoms with Gasteiger partial charge in [-0.1, -0.05) is 6.07 Å². The van der Waals surface area contributed by atoms with Gasteiger partial charge in [-0.15, -0.1) is 0 Å². The van der Waals surface area contributed by atoms with Crippen molar-refractivity contribution in [3.05, 3.63) is 64.5 Å². The number of halogens is 3. The third kappa shape index (κ3) is 4.41. The molecule has 0 bridgehead atoms. The summed E-state index contributed by atoms with van der Waals surface area (Å²) in [6, 6.07) is 6.10. The van der Waals surface area contributed by atoms with Crippen LogP contribution in [0.4, 0.5) is 13.2 Å². The van der Waals surface area contributed by atoms with E-state index in [2.05, 4.69) is 10.0 Å². The number of carbonyl (C=O) groups is 1. The fraction of sp³-hybridized carbons (Fsp3) is 0.235. The zero-order valence-electron chi connectivity index (χ0n) is 14.1. The second-order valence-electron chi connectivity index (χ2n) is 5.62. The maximum atomic E-state index is 13.5. The summed E-state index contributed by atoms with van der Waals surface area (Å²) in [4.78, 5) is 11.9. The van der Waals surface area contributed by atoms with Gasteiger partial charge in [0.1, 0.15) is 0 Å². The van der Waals surface area contributed by atoms with Crippen molar-refractivity contribution in [1.29, 1.82) is 0 Å². The van der Waals surface area contributed by atoms with Crippen LogP contribution in [0.15, 0.2) is 35.2 Å². The van der Waals surface area contributed by atoms with E-state index in [1.54, 1.807) is 13.0 Å².